The van der Waals surface area contributed by atoms with Crippen LogP contribution in [0.1, 0.15) is 36.0 Å². The molecule has 1 aromatic heterocycles. The maximum Gasteiger partial charge on any atom is 0.253 e. The van der Waals surface area contributed by atoms with E-state index in [4.69, 9.17) is 23.2 Å². The van der Waals surface area contributed by atoms with Crippen LogP contribution in [0.15, 0.2) is 36.5 Å². The number of anilines is 2. The Morgan fingerprint density at radius 1 is 1.13 bits per heavy atom. The number of pyridine rings is 1. The van der Waals surface area contributed by atoms with Gasteiger partial charge in [-0.1, -0.05) is 36.0 Å². The summed E-state index contributed by atoms with van der Waals surface area (Å²) in [5, 5.41) is 7.28. The summed E-state index contributed by atoms with van der Waals surface area (Å²) in [6.45, 7) is 0. The van der Waals surface area contributed by atoms with Crippen LogP contribution >= 0.6 is 23.2 Å². The molecule has 0 atom stereocenters. The van der Waals surface area contributed by atoms with Crippen molar-refractivity contribution in [2.24, 2.45) is 0 Å². The van der Waals surface area contributed by atoms with Crippen molar-refractivity contribution in [3.8, 4) is 0 Å². The molecular weight excluding hydrogens is 333 g/mol. The molecule has 4 nitrogen and oxygen atoms in total. The van der Waals surface area contributed by atoms with E-state index in [0.29, 0.717) is 33.2 Å². The molecule has 0 aliphatic heterocycles. The van der Waals surface area contributed by atoms with Crippen molar-refractivity contribution >= 4 is 40.6 Å². The van der Waals surface area contributed by atoms with Gasteiger partial charge in [0.15, 0.2) is 0 Å². The molecule has 0 saturated heterocycles. The number of carbonyl (C=O) groups excluding carboxylic acids is 1. The predicted molar refractivity (Wildman–Crippen MR) is 93.7 cm³/mol. The summed E-state index contributed by atoms with van der Waals surface area (Å²) < 4.78 is 0. The normalized spacial score (nSPS) is 14.7. The first-order valence-corrected chi connectivity index (χ1v) is 8.36. The summed E-state index contributed by atoms with van der Waals surface area (Å²) in [5.74, 6) is 0.531. The fourth-order valence-corrected chi connectivity index (χ4v) is 3.01. The monoisotopic (exact) mass is 349 g/mol. The van der Waals surface area contributed by atoms with Crippen molar-refractivity contribution in [1.82, 2.24) is 10.3 Å². The molecule has 120 valence electrons. The minimum Gasteiger partial charge on any atom is -0.349 e. The molecule has 2 aromatic rings. The van der Waals surface area contributed by atoms with Crippen molar-refractivity contribution in [2.45, 2.75) is 31.7 Å². The van der Waals surface area contributed by atoms with Gasteiger partial charge in [-0.05, 0) is 43.2 Å². The van der Waals surface area contributed by atoms with E-state index in [9.17, 15) is 4.79 Å². The van der Waals surface area contributed by atoms with Gasteiger partial charge in [0, 0.05) is 17.3 Å². The molecule has 0 bridgehead atoms. The first kappa shape index (κ1) is 16.1. The number of rotatable bonds is 4. The number of amides is 1. The van der Waals surface area contributed by atoms with Gasteiger partial charge in [0.05, 0.1) is 16.3 Å². The van der Waals surface area contributed by atoms with Crippen LogP contribution in [-0.2, 0) is 0 Å². The maximum atomic E-state index is 12.2. The zero-order valence-electron chi connectivity index (χ0n) is 12.5. The quantitative estimate of drug-likeness (QED) is 0.832. The Kier molecular flexibility index (Phi) is 5.03. The van der Waals surface area contributed by atoms with Crippen LogP contribution in [0.25, 0.3) is 0 Å². The maximum absolute atomic E-state index is 12.2. The smallest absolute Gasteiger partial charge is 0.253 e. The summed E-state index contributed by atoms with van der Waals surface area (Å²) in [5.41, 5.74) is 1.23. The fraction of sp³-hybridized carbons (Fsp3) is 0.294. The van der Waals surface area contributed by atoms with Crippen LogP contribution in [0.2, 0.25) is 10.0 Å². The number of halogens is 2. The van der Waals surface area contributed by atoms with Gasteiger partial charge in [0.1, 0.15) is 5.82 Å². The molecule has 0 radical (unpaired) electrons. The lowest BCUT2D eigenvalue weighted by Crippen LogP contribution is -2.32. The third kappa shape index (κ3) is 4.15. The largest absolute Gasteiger partial charge is 0.349 e. The average Bonchev–Trinajstić information content (AvgIpc) is 3.04. The van der Waals surface area contributed by atoms with Crippen LogP contribution in [0.5, 0.6) is 0 Å². The van der Waals surface area contributed by atoms with Crippen molar-refractivity contribution in [1.29, 1.82) is 0 Å². The molecule has 0 unspecified atom stereocenters. The average molecular weight is 350 g/mol. The van der Waals surface area contributed by atoms with Crippen molar-refractivity contribution < 1.29 is 4.79 Å². The van der Waals surface area contributed by atoms with Gasteiger partial charge in [0.25, 0.3) is 5.91 Å². The zero-order chi connectivity index (χ0) is 16.2. The topological polar surface area (TPSA) is 54.0 Å². The Hall–Kier alpha value is -1.78. The van der Waals surface area contributed by atoms with E-state index >= 15 is 0 Å². The lowest BCUT2D eigenvalue weighted by molar-refractivity contribution is 0.0937. The van der Waals surface area contributed by atoms with E-state index in [1.54, 1.807) is 36.5 Å². The summed E-state index contributed by atoms with van der Waals surface area (Å²) >= 11 is 12.1. The Morgan fingerprint density at radius 3 is 2.61 bits per heavy atom. The molecule has 1 aromatic carbocycles. The van der Waals surface area contributed by atoms with E-state index in [1.165, 1.54) is 12.8 Å². The molecule has 3 rings (SSSR count). The molecule has 1 aliphatic rings. The molecule has 1 saturated carbocycles. The molecule has 1 aliphatic carbocycles. The predicted octanol–water partition coefficient (Wildman–Crippen LogP) is 4.80. The van der Waals surface area contributed by atoms with Crippen LogP contribution in [-0.4, -0.2) is 16.9 Å². The van der Waals surface area contributed by atoms with E-state index < -0.39 is 0 Å². The molecule has 1 fully saturated rings. The number of hydrogen-bond donors (Lipinski definition) is 2. The minimum atomic E-state index is -0.0725. The first-order chi connectivity index (χ1) is 11.1. The molecule has 2 N–H and O–H groups in total. The second-order valence-corrected chi connectivity index (χ2v) is 6.48. The highest BCUT2D eigenvalue weighted by Crippen LogP contribution is 2.27. The van der Waals surface area contributed by atoms with Gasteiger partial charge in [-0.25, -0.2) is 4.98 Å². The fourth-order valence-electron chi connectivity index (χ4n) is 2.67. The number of benzene rings is 1. The molecule has 0 spiro atoms. The van der Waals surface area contributed by atoms with Gasteiger partial charge in [-0.15, -0.1) is 0 Å². The van der Waals surface area contributed by atoms with E-state index in [-0.39, 0.29) is 5.91 Å². The van der Waals surface area contributed by atoms with Gasteiger partial charge < -0.3 is 10.6 Å². The Labute approximate surface area is 145 Å². The molecule has 1 amide bonds. The number of nitrogens with zero attached hydrogens (tertiary/aromatic N) is 1. The minimum absolute atomic E-state index is 0.0725. The summed E-state index contributed by atoms with van der Waals surface area (Å²) in [4.78, 5) is 16.4. The summed E-state index contributed by atoms with van der Waals surface area (Å²) in [6.07, 6.45) is 6.06. The van der Waals surface area contributed by atoms with Gasteiger partial charge in [-0.3, -0.25) is 4.79 Å². The highest BCUT2D eigenvalue weighted by molar-refractivity contribution is 6.35. The van der Waals surface area contributed by atoms with E-state index in [1.807, 2.05) is 0 Å². The van der Waals surface area contributed by atoms with E-state index in [0.717, 1.165) is 12.8 Å². The highest BCUT2D eigenvalue weighted by atomic mass is 35.5. The Bertz CT molecular complexity index is 697. The number of nitrogens with one attached hydrogen (secondary N) is 2. The molecule has 6 heteroatoms. The van der Waals surface area contributed by atoms with Gasteiger partial charge in [-0.2, -0.15) is 0 Å². The first-order valence-electron chi connectivity index (χ1n) is 7.61. The third-order valence-corrected chi connectivity index (χ3v) is 4.47. The van der Waals surface area contributed by atoms with Crippen molar-refractivity contribution in [2.75, 3.05) is 5.32 Å². The number of aromatic nitrogens is 1. The SMILES string of the molecule is O=C(NC1CCCC1)c1ccc(Nc2cc(Cl)ccc2Cl)nc1. The Morgan fingerprint density at radius 2 is 1.91 bits per heavy atom. The second-order valence-electron chi connectivity index (χ2n) is 5.64. The lowest BCUT2D eigenvalue weighted by atomic mass is 10.2. The van der Waals surface area contributed by atoms with Crippen molar-refractivity contribution in [3.05, 3.63) is 52.1 Å². The van der Waals surface area contributed by atoms with E-state index in [2.05, 4.69) is 15.6 Å². The zero-order valence-corrected chi connectivity index (χ0v) is 14.0. The van der Waals surface area contributed by atoms with Crippen LogP contribution in [0.4, 0.5) is 11.5 Å². The highest BCUT2D eigenvalue weighted by Gasteiger charge is 2.18. The lowest BCUT2D eigenvalue weighted by Gasteiger charge is -2.12. The van der Waals surface area contributed by atoms with Crippen molar-refractivity contribution in [3.63, 3.8) is 0 Å². The number of hydrogen-bond acceptors (Lipinski definition) is 3. The molecule has 1 heterocycles. The third-order valence-electron chi connectivity index (χ3n) is 3.91. The van der Waals surface area contributed by atoms with Crippen LogP contribution < -0.4 is 10.6 Å². The molecular formula is C17H17Cl2N3O. The summed E-state index contributed by atoms with van der Waals surface area (Å²) in [7, 11) is 0. The molecule has 23 heavy (non-hydrogen) atoms. The number of carbonyl (C=O) groups is 1. The Balaban J connectivity index is 1.66. The van der Waals surface area contributed by atoms with Gasteiger partial charge >= 0.3 is 0 Å². The second kappa shape index (κ2) is 7.20. The van der Waals surface area contributed by atoms with Crippen LogP contribution in [0, 0.1) is 0 Å². The summed E-state index contributed by atoms with van der Waals surface area (Å²) in [6, 6.07) is 8.96. The standard InChI is InChI=1S/C17H17Cl2N3O/c18-12-6-7-14(19)15(9-12)22-16-8-5-11(10-20-16)17(23)21-13-3-1-2-4-13/h5-10,13H,1-4H2,(H,20,22)(H,21,23). The van der Waals surface area contributed by atoms with Crippen LogP contribution in [0.3, 0.4) is 0 Å². The van der Waals surface area contributed by atoms with Gasteiger partial charge in [0.2, 0.25) is 0 Å².